The van der Waals surface area contributed by atoms with Crippen LogP contribution in [-0.4, -0.2) is 26.1 Å². The van der Waals surface area contributed by atoms with Gasteiger partial charge < -0.3 is 11.1 Å². The van der Waals surface area contributed by atoms with Gasteiger partial charge in [-0.05, 0) is 19.1 Å². The molecule has 0 fully saturated rings. The minimum atomic E-state index is -0.420. The highest BCUT2D eigenvalue weighted by Crippen LogP contribution is 2.16. The van der Waals surface area contributed by atoms with E-state index in [2.05, 4.69) is 25.5 Å². The number of halogens is 1. The van der Waals surface area contributed by atoms with Gasteiger partial charge in [-0.15, -0.1) is 0 Å². The molecule has 0 bridgehead atoms. The number of nitrogens with one attached hydrogen (secondary N) is 2. The first-order chi connectivity index (χ1) is 8.58. The lowest BCUT2D eigenvalue weighted by Crippen LogP contribution is -2.28. The Bertz CT molecular complexity index is 556. The van der Waals surface area contributed by atoms with E-state index in [0.717, 1.165) is 0 Å². The molecule has 8 heteroatoms. The molecule has 4 N–H and O–H groups in total. The zero-order chi connectivity index (χ0) is 13.1. The Balaban J connectivity index is 2.15. The van der Waals surface area contributed by atoms with Crippen LogP contribution in [0.5, 0.6) is 0 Å². The van der Waals surface area contributed by atoms with Crippen LogP contribution in [0.15, 0.2) is 18.5 Å². The van der Waals surface area contributed by atoms with E-state index in [9.17, 15) is 4.79 Å². The molecule has 0 aliphatic rings. The Morgan fingerprint density at radius 1 is 1.56 bits per heavy atom. The molecular weight excluding hydrogens is 256 g/mol. The van der Waals surface area contributed by atoms with Crippen molar-refractivity contribution in [2.24, 2.45) is 0 Å². The molecule has 0 aliphatic heterocycles. The van der Waals surface area contributed by atoms with E-state index < -0.39 is 5.91 Å². The molecule has 2 heterocycles. The van der Waals surface area contributed by atoms with Gasteiger partial charge in [-0.1, -0.05) is 11.6 Å². The first kappa shape index (κ1) is 12.3. The highest BCUT2D eigenvalue weighted by atomic mass is 35.5. The number of carbonyl (C=O) groups is 1. The molecule has 0 radical (unpaired) electrons. The number of carbonyl (C=O) groups excluding carboxylic acids is 1. The van der Waals surface area contributed by atoms with Gasteiger partial charge in [0.15, 0.2) is 0 Å². The molecule has 1 unspecified atom stereocenters. The van der Waals surface area contributed by atoms with Gasteiger partial charge >= 0.3 is 0 Å². The number of hydrogen-bond acceptors (Lipinski definition) is 5. The predicted molar refractivity (Wildman–Crippen MR) is 65.9 cm³/mol. The minimum Gasteiger partial charge on any atom is -0.384 e. The molecule has 2 aromatic rings. The van der Waals surface area contributed by atoms with Crippen LogP contribution in [-0.2, 0) is 0 Å². The lowest BCUT2D eigenvalue weighted by atomic mass is 10.2. The maximum atomic E-state index is 11.9. The Hall–Kier alpha value is -2.15. The lowest BCUT2D eigenvalue weighted by Gasteiger charge is -2.11. The fraction of sp³-hybridized carbons (Fsp3) is 0.200. The van der Waals surface area contributed by atoms with Crippen molar-refractivity contribution in [1.82, 2.24) is 25.5 Å². The van der Waals surface area contributed by atoms with Gasteiger partial charge in [0.05, 0.1) is 11.1 Å². The summed E-state index contributed by atoms with van der Waals surface area (Å²) in [6, 6.07) is 2.72. The second-order valence-electron chi connectivity index (χ2n) is 3.63. The third-order valence-electron chi connectivity index (χ3n) is 2.27. The Labute approximate surface area is 108 Å². The van der Waals surface area contributed by atoms with Crippen molar-refractivity contribution in [1.29, 1.82) is 0 Å². The van der Waals surface area contributed by atoms with E-state index in [1.165, 1.54) is 18.5 Å². The second kappa shape index (κ2) is 5.01. The van der Waals surface area contributed by atoms with Gasteiger partial charge in [-0.2, -0.15) is 5.10 Å². The number of rotatable bonds is 3. The van der Waals surface area contributed by atoms with Crippen molar-refractivity contribution in [3.05, 3.63) is 35.0 Å². The SMILES string of the molecule is CC(NC(=O)c1nc(N)ccc1Cl)c1ncn[nH]1. The molecule has 18 heavy (non-hydrogen) atoms. The predicted octanol–water partition coefficient (Wildman–Crippen LogP) is 0.926. The number of anilines is 1. The number of nitrogens with two attached hydrogens (primary N) is 1. The van der Waals surface area contributed by atoms with Gasteiger partial charge in [0.1, 0.15) is 23.7 Å². The van der Waals surface area contributed by atoms with E-state index in [0.29, 0.717) is 5.82 Å². The molecule has 2 rings (SSSR count). The molecule has 0 saturated heterocycles. The number of aromatic nitrogens is 4. The van der Waals surface area contributed by atoms with Crippen molar-refractivity contribution in [3.8, 4) is 0 Å². The minimum absolute atomic E-state index is 0.0861. The normalized spacial score (nSPS) is 12.1. The van der Waals surface area contributed by atoms with Crippen molar-refractivity contribution in [2.45, 2.75) is 13.0 Å². The first-order valence-electron chi connectivity index (χ1n) is 5.16. The standard InChI is InChI=1S/C10H11ClN6O/c1-5(9-13-4-14-17-9)15-10(18)8-6(11)2-3-7(12)16-8/h2-5H,1H3,(H2,12,16)(H,15,18)(H,13,14,17). The van der Waals surface area contributed by atoms with Crippen molar-refractivity contribution in [2.75, 3.05) is 5.73 Å². The molecule has 2 aromatic heterocycles. The maximum Gasteiger partial charge on any atom is 0.272 e. The summed E-state index contributed by atoms with van der Waals surface area (Å²) in [5, 5.41) is 9.31. The average molecular weight is 267 g/mol. The van der Waals surface area contributed by atoms with Crippen LogP contribution < -0.4 is 11.1 Å². The maximum absolute atomic E-state index is 11.9. The van der Waals surface area contributed by atoms with Crippen LogP contribution in [0.2, 0.25) is 5.02 Å². The van der Waals surface area contributed by atoms with Crippen LogP contribution in [0.3, 0.4) is 0 Å². The second-order valence-corrected chi connectivity index (χ2v) is 4.04. The summed E-state index contributed by atoms with van der Waals surface area (Å²) in [5.74, 6) is 0.358. The third kappa shape index (κ3) is 2.57. The first-order valence-corrected chi connectivity index (χ1v) is 5.54. The fourth-order valence-electron chi connectivity index (χ4n) is 1.37. The van der Waals surface area contributed by atoms with E-state index in [1.54, 1.807) is 6.92 Å². The summed E-state index contributed by atoms with van der Waals surface area (Å²) in [7, 11) is 0. The van der Waals surface area contributed by atoms with Gasteiger partial charge in [0.25, 0.3) is 5.91 Å². The largest absolute Gasteiger partial charge is 0.384 e. The smallest absolute Gasteiger partial charge is 0.272 e. The van der Waals surface area contributed by atoms with Gasteiger partial charge in [0, 0.05) is 0 Å². The van der Waals surface area contributed by atoms with Crippen LogP contribution in [0.25, 0.3) is 0 Å². The summed E-state index contributed by atoms with van der Waals surface area (Å²) in [6.45, 7) is 1.76. The molecule has 0 aromatic carbocycles. The topological polar surface area (TPSA) is 110 Å². The average Bonchev–Trinajstić information content (AvgIpc) is 2.85. The highest BCUT2D eigenvalue weighted by Gasteiger charge is 2.17. The number of amides is 1. The molecule has 0 saturated carbocycles. The van der Waals surface area contributed by atoms with Crippen LogP contribution in [0.4, 0.5) is 5.82 Å². The van der Waals surface area contributed by atoms with E-state index in [-0.39, 0.29) is 22.6 Å². The molecule has 7 nitrogen and oxygen atoms in total. The number of H-pyrrole nitrogens is 1. The van der Waals surface area contributed by atoms with Crippen molar-refractivity contribution >= 4 is 23.3 Å². The molecular formula is C10H11ClN6O. The quantitative estimate of drug-likeness (QED) is 0.765. The van der Waals surface area contributed by atoms with Gasteiger partial charge in [-0.25, -0.2) is 9.97 Å². The van der Waals surface area contributed by atoms with Gasteiger partial charge in [-0.3, -0.25) is 9.89 Å². The summed E-state index contributed by atoms with van der Waals surface area (Å²) in [4.78, 5) is 19.8. The van der Waals surface area contributed by atoms with Crippen molar-refractivity contribution in [3.63, 3.8) is 0 Å². The molecule has 0 aliphatic carbocycles. The van der Waals surface area contributed by atoms with Crippen LogP contribution in [0, 0.1) is 0 Å². The third-order valence-corrected chi connectivity index (χ3v) is 2.58. The fourth-order valence-corrected chi connectivity index (χ4v) is 1.56. The van der Waals surface area contributed by atoms with E-state index >= 15 is 0 Å². The molecule has 94 valence electrons. The zero-order valence-corrected chi connectivity index (χ0v) is 10.3. The van der Waals surface area contributed by atoms with Crippen LogP contribution in [0.1, 0.15) is 29.3 Å². The number of hydrogen-bond donors (Lipinski definition) is 3. The summed E-state index contributed by atoms with van der Waals surface area (Å²) in [6.07, 6.45) is 1.36. The number of nitrogens with zero attached hydrogens (tertiary/aromatic N) is 3. The zero-order valence-electron chi connectivity index (χ0n) is 9.51. The highest BCUT2D eigenvalue weighted by molar-refractivity contribution is 6.33. The summed E-state index contributed by atoms with van der Waals surface area (Å²) >= 11 is 5.88. The molecule has 0 spiro atoms. The monoisotopic (exact) mass is 266 g/mol. The summed E-state index contributed by atoms with van der Waals surface area (Å²) in [5.41, 5.74) is 5.60. The van der Waals surface area contributed by atoms with Gasteiger partial charge in [0.2, 0.25) is 0 Å². The van der Waals surface area contributed by atoms with Crippen LogP contribution >= 0.6 is 11.6 Å². The Kier molecular flexibility index (Phi) is 3.42. The molecule has 1 atom stereocenters. The van der Waals surface area contributed by atoms with E-state index in [4.69, 9.17) is 17.3 Å². The summed E-state index contributed by atoms with van der Waals surface area (Å²) < 4.78 is 0. The van der Waals surface area contributed by atoms with Crippen molar-refractivity contribution < 1.29 is 4.79 Å². The molecule has 1 amide bonds. The van der Waals surface area contributed by atoms with E-state index in [1.807, 2.05) is 0 Å². The number of nitrogen functional groups attached to an aromatic ring is 1. The lowest BCUT2D eigenvalue weighted by molar-refractivity contribution is 0.0933. The number of pyridine rings is 1. The Morgan fingerprint density at radius 2 is 2.33 bits per heavy atom. The number of aromatic amines is 1. The Morgan fingerprint density at radius 3 is 3.00 bits per heavy atom.